The fourth-order valence-electron chi connectivity index (χ4n) is 3.65. The highest BCUT2D eigenvalue weighted by molar-refractivity contribution is 9.10. The quantitative estimate of drug-likeness (QED) is 0.536. The summed E-state index contributed by atoms with van der Waals surface area (Å²) < 4.78 is 7.63. The largest absolute Gasteiger partial charge is 0.446 e. The van der Waals surface area contributed by atoms with Crippen LogP contribution in [-0.4, -0.2) is 35.5 Å². The lowest BCUT2D eigenvalue weighted by Crippen LogP contribution is -2.29. The van der Waals surface area contributed by atoms with E-state index in [0.29, 0.717) is 21.9 Å². The molecule has 0 aliphatic carbocycles. The first-order valence-electron chi connectivity index (χ1n) is 8.41. The molecule has 4 rings (SSSR count). The molecule has 2 aromatic heterocycles. The Morgan fingerprint density at radius 3 is 2.68 bits per heavy atom. The van der Waals surface area contributed by atoms with Crippen LogP contribution in [-0.2, 0) is 0 Å². The molecule has 25 heavy (non-hydrogen) atoms. The molecule has 6 heteroatoms. The average Bonchev–Trinajstić information content (AvgIpc) is 3.19. The summed E-state index contributed by atoms with van der Waals surface area (Å²) in [6, 6.07) is 9.08. The van der Waals surface area contributed by atoms with E-state index in [2.05, 4.69) is 27.9 Å². The van der Waals surface area contributed by atoms with Crippen LogP contribution in [0.3, 0.4) is 0 Å². The van der Waals surface area contributed by atoms with Crippen molar-refractivity contribution >= 4 is 32.6 Å². The first-order valence-corrected chi connectivity index (χ1v) is 9.21. The maximum absolute atomic E-state index is 12.7. The number of hydrogen-bond donors (Lipinski definition) is 1. The zero-order valence-corrected chi connectivity index (χ0v) is 15.6. The molecule has 1 aromatic carbocycles. The standard InChI is InChI=1S/C19H20BrN3O2/c1-22-8-6-12(7-9-22)15-11-23(21)16-3-2-13(10-14(15)16)19(24)17-4-5-18(20)25-17/h2-5,10-12H,6-9,21H2,1H3. The normalized spacial score (nSPS) is 16.6. The van der Waals surface area contributed by atoms with Crippen molar-refractivity contribution in [1.82, 2.24) is 9.58 Å². The molecule has 3 heterocycles. The Kier molecular flexibility index (Phi) is 4.17. The molecule has 0 saturated carbocycles. The number of fused-ring (bicyclic) bond motifs is 1. The molecule has 1 aliphatic heterocycles. The van der Waals surface area contributed by atoms with Gasteiger partial charge in [-0.2, -0.15) is 0 Å². The van der Waals surface area contributed by atoms with Crippen LogP contribution in [0.25, 0.3) is 10.9 Å². The second-order valence-corrected chi connectivity index (χ2v) is 7.52. The minimum absolute atomic E-state index is 0.119. The minimum Gasteiger partial charge on any atom is -0.446 e. The molecule has 0 bridgehead atoms. The molecule has 5 nitrogen and oxygen atoms in total. The number of rotatable bonds is 3. The van der Waals surface area contributed by atoms with Gasteiger partial charge in [0.25, 0.3) is 0 Å². The summed E-state index contributed by atoms with van der Waals surface area (Å²) in [7, 11) is 2.15. The van der Waals surface area contributed by atoms with Crippen LogP contribution in [0.15, 0.2) is 45.6 Å². The number of furan rings is 1. The molecule has 0 amide bonds. The van der Waals surface area contributed by atoms with E-state index in [-0.39, 0.29) is 5.78 Å². The first-order chi connectivity index (χ1) is 12.0. The van der Waals surface area contributed by atoms with Crippen LogP contribution < -0.4 is 5.84 Å². The van der Waals surface area contributed by atoms with Crippen molar-refractivity contribution < 1.29 is 9.21 Å². The number of likely N-dealkylation sites (tertiary alicyclic amines) is 1. The summed E-state index contributed by atoms with van der Waals surface area (Å²) in [5.74, 6) is 6.84. The van der Waals surface area contributed by atoms with Crippen LogP contribution in [0.4, 0.5) is 0 Å². The number of ketones is 1. The van der Waals surface area contributed by atoms with Gasteiger partial charge < -0.3 is 15.2 Å². The van der Waals surface area contributed by atoms with Crippen molar-refractivity contribution in [2.45, 2.75) is 18.8 Å². The number of carbonyl (C=O) groups is 1. The second-order valence-electron chi connectivity index (χ2n) is 6.73. The zero-order valence-electron chi connectivity index (χ0n) is 14.0. The monoisotopic (exact) mass is 401 g/mol. The van der Waals surface area contributed by atoms with E-state index in [4.69, 9.17) is 10.3 Å². The van der Waals surface area contributed by atoms with Crippen molar-refractivity contribution in [3.63, 3.8) is 0 Å². The molecule has 130 valence electrons. The van der Waals surface area contributed by atoms with Crippen molar-refractivity contribution in [1.29, 1.82) is 0 Å². The second kappa shape index (κ2) is 6.35. The highest BCUT2D eigenvalue weighted by Gasteiger charge is 2.23. The number of nitrogens with zero attached hydrogens (tertiary/aromatic N) is 2. The van der Waals surface area contributed by atoms with E-state index < -0.39 is 0 Å². The number of halogens is 1. The van der Waals surface area contributed by atoms with Crippen molar-refractivity contribution in [3.8, 4) is 0 Å². The zero-order chi connectivity index (χ0) is 17.6. The van der Waals surface area contributed by atoms with E-state index in [1.54, 1.807) is 16.8 Å². The van der Waals surface area contributed by atoms with Gasteiger partial charge in [-0.1, -0.05) is 0 Å². The molecule has 0 spiro atoms. The summed E-state index contributed by atoms with van der Waals surface area (Å²) in [6.07, 6.45) is 4.23. The van der Waals surface area contributed by atoms with Gasteiger partial charge in [0, 0.05) is 17.1 Å². The minimum atomic E-state index is -0.119. The van der Waals surface area contributed by atoms with E-state index in [1.807, 2.05) is 24.4 Å². The third kappa shape index (κ3) is 3.00. The Balaban J connectivity index is 1.74. The summed E-state index contributed by atoms with van der Waals surface area (Å²) in [5.41, 5.74) is 2.81. The molecule has 1 aliphatic rings. The maximum Gasteiger partial charge on any atom is 0.228 e. The number of benzene rings is 1. The van der Waals surface area contributed by atoms with Gasteiger partial charge in [-0.15, -0.1) is 0 Å². The summed E-state index contributed by atoms with van der Waals surface area (Å²) in [5, 5.41) is 1.06. The predicted molar refractivity (Wildman–Crippen MR) is 101 cm³/mol. The van der Waals surface area contributed by atoms with E-state index >= 15 is 0 Å². The lowest BCUT2D eigenvalue weighted by atomic mass is 9.89. The van der Waals surface area contributed by atoms with Gasteiger partial charge in [-0.3, -0.25) is 9.47 Å². The average molecular weight is 402 g/mol. The number of carbonyl (C=O) groups excluding carboxylic acids is 1. The maximum atomic E-state index is 12.7. The number of nitrogen functional groups attached to an aromatic ring is 1. The van der Waals surface area contributed by atoms with Crippen molar-refractivity contribution in [2.75, 3.05) is 26.0 Å². The molecule has 0 unspecified atom stereocenters. The lowest BCUT2D eigenvalue weighted by molar-refractivity contribution is 0.101. The van der Waals surface area contributed by atoms with Crippen LogP contribution in [0.2, 0.25) is 0 Å². The van der Waals surface area contributed by atoms with Gasteiger partial charge in [-0.25, -0.2) is 0 Å². The first kappa shape index (κ1) is 16.4. The lowest BCUT2D eigenvalue weighted by Gasteiger charge is -2.28. The Morgan fingerprint density at radius 1 is 1.24 bits per heavy atom. The third-order valence-electron chi connectivity index (χ3n) is 5.08. The van der Waals surface area contributed by atoms with E-state index in [9.17, 15) is 4.79 Å². The number of piperidine rings is 1. The Bertz CT molecular complexity index is 935. The van der Waals surface area contributed by atoms with Gasteiger partial charge in [-0.05, 0) is 90.7 Å². The summed E-state index contributed by atoms with van der Waals surface area (Å²) in [6.45, 7) is 2.17. The van der Waals surface area contributed by atoms with Crippen LogP contribution in [0.1, 0.15) is 40.4 Å². The molecular weight excluding hydrogens is 382 g/mol. The molecule has 1 saturated heterocycles. The van der Waals surface area contributed by atoms with Crippen LogP contribution in [0, 0.1) is 0 Å². The SMILES string of the molecule is CN1CCC(c2cn(N)c3ccc(C(=O)c4ccc(Br)o4)cc23)CC1. The molecule has 2 N–H and O–H groups in total. The molecule has 0 atom stereocenters. The van der Waals surface area contributed by atoms with Crippen LogP contribution >= 0.6 is 15.9 Å². The van der Waals surface area contributed by atoms with Gasteiger partial charge >= 0.3 is 0 Å². The summed E-state index contributed by atoms with van der Waals surface area (Å²) >= 11 is 3.24. The third-order valence-corrected chi connectivity index (χ3v) is 5.51. The van der Waals surface area contributed by atoms with Crippen molar-refractivity contribution in [2.24, 2.45) is 0 Å². The predicted octanol–water partition coefficient (Wildman–Crippen LogP) is 3.75. The van der Waals surface area contributed by atoms with Gasteiger partial charge in [0.15, 0.2) is 10.4 Å². The number of nitrogens with two attached hydrogens (primary N) is 1. The number of aromatic nitrogens is 1. The Morgan fingerprint density at radius 2 is 2.00 bits per heavy atom. The van der Waals surface area contributed by atoms with Gasteiger partial charge in [0.2, 0.25) is 5.78 Å². The van der Waals surface area contributed by atoms with Crippen molar-refractivity contribution in [3.05, 3.63) is 58.1 Å². The molecule has 1 fully saturated rings. The smallest absolute Gasteiger partial charge is 0.228 e. The van der Waals surface area contributed by atoms with Gasteiger partial charge in [0.1, 0.15) is 0 Å². The van der Waals surface area contributed by atoms with Crippen LogP contribution in [0.5, 0.6) is 0 Å². The summed E-state index contributed by atoms with van der Waals surface area (Å²) in [4.78, 5) is 15.0. The Labute approximate surface area is 154 Å². The Hall–Kier alpha value is -2.05. The highest BCUT2D eigenvalue weighted by Crippen LogP contribution is 2.34. The molecular formula is C19H20BrN3O2. The highest BCUT2D eigenvalue weighted by atomic mass is 79.9. The van der Waals surface area contributed by atoms with E-state index in [1.165, 1.54) is 5.56 Å². The topological polar surface area (TPSA) is 64.4 Å². The fraction of sp³-hybridized carbons (Fsp3) is 0.316. The molecule has 0 radical (unpaired) electrons. The fourth-order valence-corrected chi connectivity index (χ4v) is 3.95. The van der Waals surface area contributed by atoms with E-state index in [0.717, 1.165) is 36.8 Å². The molecule has 3 aromatic rings. The number of hydrogen-bond acceptors (Lipinski definition) is 4. The van der Waals surface area contributed by atoms with Gasteiger partial charge in [0.05, 0.1) is 5.52 Å².